The number of rotatable bonds is 4. The van der Waals surface area contributed by atoms with E-state index >= 15 is 0 Å². The van der Waals surface area contributed by atoms with Crippen molar-refractivity contribution >= 4 is 33.7 Å². The van der Waals surface area contributed by atoms with E-state index in [0.717, 1.165) is 6.20 Å². The van der Waals surface area contributed by atoms with Crippen molar-refractivity contribution in [2.75, 3.05) is 5.75 Å². The molecular weight excluding hydrogens is 375 g/mol. The van der Waals surface area contributed by atoms with Crippen LogP contribution in [0.25, 0.3) is 22.7 Å². The fraction of sp³-hybridized carbons (Fsp3) is 0.286. The van der Waals surface area contributed by atoms with Crippen LogP contribution in [0.15, 0.2) is 34.6 Å². The van der Waals surface area contributed by atoms with Crippen LogP contribution in [0.1, 0.15) is 6.92 Å². The van der Waals surface area contributed by atoms with E-state index in [2.05, 4.69) is 19.9 Å². The lowest BCUT2D eigenvalue weighted by Crippen LogP contribution is -2.03. The lowest BCUT2D eigenvalue weighted by Gasteiger charge is -2.06. The van der Waals surface area contributed by atoms with E-state index in [9.17, 15) is 17.4 Å². The fourth-order valence-corrected chi connectivity index (χ4v) is 3.66. The maximum absolute atomic E-state index is 12.5. The van der Waals surface area contributed by atoms with Gasteiger partial charge in [-0.05, 0) is 17.8 Å². The molecule has 0 fully saturated rings. The molecule has 0 aliphatic rings. The first-order valence-corrected chi connectivity index (χ1v) is 9.20. The number of thioether (sulfide) groups is 1. The van der Waals surface area contributed by atoms with Crippen LogP contribution < -0.4 is 0 Å². The maximum atomic E-state index is 12.5. The maximum Gasteiger partial charge on any atom is 0.446 e. The quantitative estimate of drug-likeness (QED) is 0.641. The van der Waals surface area contributed by atoms with Crippen LogP contribution in [0.3, 0.4) is 0 Å². The number of aryl methyl sites for hydroxylation is 1. The molecule has 0 spiro atoms. The van der Waals surface area contributed by atoms with Gasteiger partial charge in [0.15, 0.2) is 11.5 Å². The van der Waals surface area contributed by atoms with Gasteiger partial charge in [0, 0.05) is 30.1 Å². The Balaban J connectivity index is 2.13. The second-order valence-electron chi connectivity index (χ2n) is 4.93. The molecule has 0 saturated carbocycles. The standard InChI is InChI=1S/C14H12F3N5OS2/c1-3-25(23)10-6-18-7-20-11(10)13-21-9-4-8(24-14(15,16)17)5-19-12(9)22(13)2/h4-7H,3H2,1-2H3. The molecule has 132 valence electrons. The smallest absolute Gasteiger partial charge is 0.310 e. The summed E-state index contributed by atoms with van der Waals surface area (Å²) in [5.74, 6) is 0.755. The molecule has 0 N–H and O–H groups in total. The number of pyridine rings is 1. The van der Waals surface area contributed by atoms with Crippen molar-refractivity contribution in [3.63, 3.8) is 0 Å². The Morgan fingerprint density at radius 2 is 2.04 bits per heavy atom. The zero-order valence-electron chi connectivity index (χ0n) is 13.1. The van der Waals surface area contributed by atoms with E-state index in [4.69, 9.17) is 0 Å². The normalized spacial score (nSPS) is 13.3. The Kier molecular flexibility index (Phi) is 4.78. The van der Waals surface area contributed by atoms with Crippen molar-refractivity contribution in [2.45, 2.75) is 22.2 Å². The number of fused-ring (bicyclic) bond motifs is 1. The molecule has 0 aromatic carbocycles. The zero-order chi connectivity index (χ0) is 18.2. The largest absolute Gasteiger partial charge is 0.446 e. The Bertz CT molecular complexity index is 957. The van der Waals surface area contributed by atoms with Crippen LogP contribution in [-0.4, -0.2) is 40.0 Å². The van der Waals surface area contributed by atoms with Crippen molar-refractivity contribution in [2.24, 2.45) is 7.05 Å². The molecule has 1 unspecified atom stereocenters. The summed E-state index contributed by atoms with van der Waals surface area (Å²) in [7, 11) is 0.374. The van der Waals surface area contributed by atoms with E-state index in [-0.39, 0.29) is 16.7 Å². The predicted molar refractivity (Wildman–Crippen MR) is 88.4 cm³/mol. The van der Waals surface area contributed by atoms with Crippen LogP contribution in [0.5, 0.6) is 0 Å². The molecule has 3 aromatic heterocycles. The average Bonchev–Trinajstić information content (AvgIpc) is 2.89. The van der Waals surface area contributed by atoms with Gasteiger partial charge in [-0.2, -0.15) is 13.2 Å². The van der Waals surface area contributed by atoms with Crippen LogP contribution in [-0.2, 0) is 17.8 Å². The van der Waals surface area contributed by atoms with Crippen molar-refractivity contribution in [3.05, 3.63) is 24.8 Å². The van der Waals surface area contributed by atoms with Crippen molar-refractivity contribution in [3.8, 4) is 11.5 Å². The summed E-state index contributed by atoms with van der Waals surface area (Å²) in [4.78, 5) is 16.8. The Hall–Kier alpha value is -2.01. The molecule has 0 radical (unpaired) electrons. The van der Waals surface area contributed by atoms with Crippen LogP contribution in [0, 0.1) is 0 Å². The molecule has 11 heteroatoms. The number of halogens is 3. The first-order chi connectivity index (χ1) is 11.8. The minimum absolute atomic E-state index is 0.0512. The molecule has 0 bridgehead atoms. The first-order valence-electron chi connectivity index (χ1n) is 7.07. The molecule has 3 heterocycles. The molecule has 1 atom stereocenters. The number of hydrogen-bond acceptors (Lipinski definition) is 6. The summed E-state index contributed by atoms with van der Waals surface area (Å²) in [5.41, 5.74) is -3.31. The van der Waals surface area contributed by atoms with Crippen molar-refractivity contribution in [1.29, 1.82) is 0 Å². The third-order valence-electron chi connectivity index (χ3n) is 3.32. The minimum Gasteiger partial charge on any atom is -0.310 e. The van der Waals surface area contributed by atoms with Gasteiger partial charge < -0.3 is 4.57 Å². The van der Waals surface area contributed by atoms with Crippen molar-refractivity contribution < 1.29 is 17.4 Å². The highest BCUT2D eigenvalue weighted by atomic mass is 32.2. The third-order valence-corrected chi connectivity index (χ3v) is 5.32. The highest BCUT2D eigenvalue weighted by molar-refractivity contribution is 8.00. The first kappa shape index (κ1) is 17.8. The van der Waals surface area contributed by atoms with Crippen LogP contribution >= 0.6 is 11.8 Å². The molecule has 6 nitrogen and oxygen atoms in total. The van der Waals surface area contributed by atoms with Gasteiger partial charge in [-0.1, -0.05) is 6.92 Å². The number of hydrogen-bond donors (Lipinski definition) is 0. The van der Waals surface area contributed by atoms with Gasteiger partial charge in [-0.25, -0.2) is 19.9 Å². The predicted octanol–water partition coefficient (Wildman–Crippen LogP) is 3.16. The minimum atomic E-state index is -4.40. The van der Waals surface area contributed by atoms with E-state index in [1.807, 2.05) is 0 Å². The summed E-state index contributed by atoms with van der Waals surface area (Å²) in [6, 6.07) is 1.32. The fourth-order valence-electron chi connectivity index (χ4n) is 2.27. The van der Waals surface area contributed by atoms with E-state index in [1.165, 1.54) is 18.6 Å². The van der Waals surface area contributed by atoms with Gasteiger partial charge >= 0.3 is 5.51 Å². The lowest BCUT2D eigenvalue weighted by molar-refractivity contribution is -0.0328. The molecule has 25 heavy (non-hydrogen) atoms. The topological polar surface area (TPSA) is 73.6 Å². The third kappa shape index (κ3) is 3.66. The number of alkyl halides is 3. The molecule has 0 saturated heterocycles. The molecule has 0 amide bonds. The Labute approximate surface area is 147 Å². The summed E-state index contributed by atoms with van der Waals surface area (Å²) in [6.07, 6.45) is 3.92. The number of aromatic nitrogens is 5. The SMILES string of the molecule is CCS(=O)c1cncnc1-c1nc2cc(SC(F)(F)F)cnc2n1C. The molecule has 3 aromatic rings. The van der Waals surface area contributed by atoms with E-state index in [1.54, 1.807) is 18.5 Å². The summed E-state index contributed by atoms with van der Waals surface area (Å²) < 4.78 is 51.4. The second kappa shape index (κ2) is 6.71. The highest BCUT2D eigenvalue weighted by Crippen LogP contribution is 2.37. The van der Waals surface area contributed by atoms with Gasteiger partial charge in [0.25, 0.3) is 0 Å². The van der Waals surface area contributed by atoms with Gasteiger partial charge in [-0.15, -0.1) is 0 Å². The molecular formula is C14H12F3N5OS2. The van der Waals surface area contributed by atoms with E-state index < -0.39 is 16.3 Å². The Morgan fingerprint density at radius 1 is 1.28 bits per heavy atom. The van der Waals surface area contributed by atoms with Gasteiger partial charge in [0.1, 0.15) is 17.5 Å². The van der Waals surface area contributed by atoms with Crippen molar-refractivity contribution in [1.82, 2.24) is 24.5 Å². The van der Waals surface area contributed by atoms with Gasteiger partial charge in [0.05, 0.1) is 15.7 Å². The average molecular weight is 387 g/mol. The summed E-state index contributed by atoms with van der Waals surface area (Å²) in [5, 5.41) is 0. The number of nitrogens with zero attached hydrogens (tertiary/aromatic N) is 5. The molecule has 3 rings (SSSR count). The summed E-state index contributed by atoms with van der Waals surface area (Å²) >= 11 is -0.248. The zero-order valence-corrected chi connectivity index (χ0v) is 14.7. The lowest BCUT2D eigenvalue weighted by atomic mass is 10.4. The summed E-state index contributed by atoms with van der Waals surface area (Å²) in [6.45, 7) is 1.77. The second-order valence-corrected chi connectivity index (χ2v) is 7.77. The monoisotopic (exact) mass is 387 g/mol. The molecule has 0 aliphatic heterocycles. The van der Waals surface area contributed by atoms with Gasteiger partial charge in [0.2, 0.25) is 0 Å². The molecule has 0 aliphatic carbocycles. The van der Waals surface area contributed by atoms with Gasteiger partial charge in [-0.3, -0.25) is 4.21 Å². The highest BCUT2D eigenvalue weighted by Gasteiger charge is 2.30. The Morgan fingerprint density at radius 3 is 2.72 bits per heavy atom. The van der Waals surface area contributed by atoms with E-state index in [0.29, 0.717) is 33.3 Å². The van der Waals surface area contributed by atoms with Crippen LogP contribution in [0.2, 0.25) is 0 Å². The number of imidazole rings is 1. The van der Waals surface area contributed by atoms with Crippen LogP contribution in [0.4, 0.5) is 13.2 Å².